The summed E-state index contributed by atoms with van der Waals surface area (Å²) in [5.41, 5.74) is 0. The number of pyridine rings is 1. The van der Waals surface area contributed by atoms with Crippen LogP contribution in [0.2, 0.25) is 0 Å². The van der Waals surface area contributed by atoms with Gasteiger partial charge in [0, 0.05) is 16.7 Å². The first-order valence-electron chi connectivity index (χ1n) is 4.75. The highest BCUT2D eigenvalue weighted by Gasteiger charge is 2.07. The Kier molecular flexibility index (Phi) is 4.89. The molecule has 0 saturated heterocycles. The Bertz CT molecular complexity index is 298. The van der Waals surface area contributed by atoms with Crippen LogP contribution in [-0.2, 0) is 0 Å². The van der Waals surface area contributed by atoms with Crippen LogP contribution < -0.4 is 5.32 Å². The van der Waals surface area contributed by atoms with E-state index in [2.05, 4.69) is 56.0 Å². The molecule has 14 heavy (non-hydrogen) atoms. The topological polar surface area (TPSA) is 24.9 Å². The predicted octanol–water partition coefficient (Wildman–Crippen LogP) is 4.21. The fourth-order valence-corrected chi connectivity index (χ4v) is 2.31. The van der Waals surface area contributed by atoms with Gasteiger partial charge >= 0.3 is 0 Å². The maximum atomic E-state index is 4.31. The van der Waals surface area contributed by atoms with E-state index in [0.717, 1.165) is 27.6 Å². The van der Waals surface area contributed by atoms with E-state index in [-0.39, 0.29) is 0 Å². The number of hydrogen-bond acceptors (Lipinski definition) is 2. The lowest BCUT2D eigenvalue weighted by Gasteiger charge is -2.16. The van der Waals surface area contributed by atoms with Gasteiger partial charge in [0.25, 0.3) is 0 Å². The van der Waals surface area contributed by atoms with Crippen molar-refractivity contribution in [2.45, 2.75) is 32.7 Å². The lowest BCUT2D eigenvalue weighted by atomic mass is 10.2. The number of anilines is 1. The molecular weight excluding hydrogens is 308 g/mol. The molecule has 0 radical (unpaired) electrons. The summed E-state index contributed by atoms with van der Waals surface area (Å²) in [6.07, 6.45) is 4.02. The third-order valence-electron chi connectivity index (χ3n) is 2.13. The van der Waals surface area contributed by atoms with Crippen molar-refractivity contribution in [3.8, 4) is 0 Å². The van der Waals surface area contributed by atoms with Crippen molar-refractivity contribution in [1.29, 1.82) is 0 Å². The molecule has 0 bridgehead atoms. The van der Waals surface area contributed by atoms with Crippen molar-refractivity contribution in [2.24, 2.45) is 0 Å². The molecule has 1 aromatic heterocycles. The zero-order valence-electron chi connectivity index (χ0n) is 8.35. The Morgan fingerprint density at radius 3 is 2.50 bits per heavy atom. The van der Waals surface area contributed by atoms with Gasteiger partial charge in [0.2, 0.25) is 0 Å². The highest BCUT2D eigenvalue weighted by molar-refractivity contribution is 9.11. The molecule has 0 aliphatic carbocycles. The molecule has 2 nitrogen and oxygen atoms in total. The molecule has 0 aliphatic heterocycles. The van der Waals surface area contributed by atoms with Gasteiger partial charge < -0.3 is 5.32 Å². The van der Waals surface area contributed by atoms with Crippen LogP contribution in [0.1, 0.15) is 26.7 Å². The Morgan fingerprint density at radius 1 is 1.36 bits per heavy atom. The molecule has 1 rings (SSSR count). The molecule has 0 saturated carbocycles. The van der Waals surface area contributed by atoms with Crippen LogP contribution in [0.5, 0.6) is 0 Å². The van der Waals surface area contributed by atoms with Gasteiger partial charge in [0.15, 0.2) is 0 Å². The fraction of sp³-hybridized carbons (Fsp3) is 0.500. The summed E-state index contributed by atoms with van der Waals surface area (Å²) in [5.74, 6) is 0.918. The van der Waals surface area contributed by atoms with Gasteiger partial charge in [0.1, 0.15) is 5.82 Å². The summed E-state index contributed by atoms with van der Waals surface area (Å²) in [6, 6.07) is 2.50. The van der Waals surface area contributed by atoms with Gasteiger partial charge in [0.05, 0.1) is 4.47 Å². The Morgan fingerprint density at radius 2 is 2.00 bits per heavy atom. The molecule has 1 aromatic rings. The number of halogens is 2. The first-order chi connectivity index (χ1) is 6.67. The van der Waals surface area contributed by atoms with Gasteiger partial charge in [-0.15, -0.1) is 0 Å². The summed E-state index contributed by atoms with van der Waals surface area (Å²) in [5, 5.41) is 3.40. The molecular formula is C10H14Br2N2. The van der Waals surface area contributed by atoms with Gasteiger partial charge in [-0.05, 0) is 50.8 Å². The van der Waals surface area contributed by atoms with Crippen molar-refractivity contribution >= 4 is 37.7 Å². The molecule has 1 N–H and O–H groups in total. The van der Waals surface area contributed by atoms with Crippen LogP contribution in [0.25, 0.3) is 0 Å². The average molecular weight is 322 g/mol. The molecule has 1 heterocycles. The minimum absolute atomic E-state index is 0.500. The van der Waals surface area contributed by atoms with E-state index in [1.807, 2.05) is 6.07 Å². The summed E-state index contributed by atoms with van der Waals surface area (Å²) in [4.78, 5) is 4.31. The van der Waals surface area contributed by atoms with Gasteiger partial charge in [-0.3, -0.25) is 0 Å². The van der Waals surface area contributed by atoms with Crippen LogP contribution in [-0.4, -0.2) is 11.0 Å². The van der Waals surface area contributed by atoms with Gasteiger partial charge in [-0.25, -0.2) is 4.98 Å². The molecule has 0 amide bonds. The Balaban J connectivity index is 2.76. The number of nitrogens with zero attached hydrogens (tertiary/aromatic N) is 1. The van der Waals surface area contributed by atoms with E-state index in [4.69, 9.17) is 0 Å². The number of rotatable bonds is 4. The van der Waals surface area contributed by atoms with E-state index >= 15 is 0 Å². The third-order valence-corrected chi connectivity index (χ3v) is 3.17. The summed E-state index contributed by atoms with van der Waals surface area (Å²) in [7, 11) is 0. The molecule has 0 fully saturated rings. The molecule has 0 unspecified atom stereocenters. The lowest BCUT2D eigenvalue weighted by molar-refractivity contribution is 0.668. The Hall–Kier alpha value is -0.0900. The quantitative estimate of drug-likeness (QED) is 0.898. The average Bonchev–Trinajstić information content (AvgIpc) is 2.17. The zero-order chi connectivity index (χ0) is 10.6. The maximum absolute atomic E-state index is 4.31. The van der Waals surface area contributed by atoms with Crippen molar-refractivity contribution in [3.63, 3.8) is 0 Å². The van der Waals surface area contributed by atoms with E-state index in [0.29, 0.717) is 6.04 Å². The normalized spacial score (nSPS) is 10.6. The summed E-state index contributed by atoms with van der Waals surface area (Å²) >= 11 is 6.86. The van der Waals surface area contributed by atoms with Crippen molar-refractivity contribution in [1.82, 2.24) is 4.98 Å². The lowest BCUT2D eigenvalue weighted by Crippen LogP contribution is -2.18. The van der Waals surface area contributed by atoms with Crippen LogP contribution >= 0.6 is 31.9 Å². The van der Waals surface area contributed by atoms with Gasteiger partial charge in [-0.1, -0.05) is 13.8 Å². The molecule has 0 aliphatic rings. The smallest absolute Gasteiger partial charge is 0.140 e. The minimum atomic E-state index is 0.500. The molecule has 0 atom stereocenters. The molecule has 4 heteroatoms. The Labute approximate surface area is 102 Å². The van der Waals surface area contributed by atoms with Crippen molar-refractivity contribution in [2.75, 3.05) is 5.32 Å². The number of aromatic nitrogens is 1. The van der Waals surface area contributed by atoms with E-state index in [1.165, 1.54) is 0 Å². The van der Waals surface area contributed by atoms with Crippen LogP contribution in [0, 0.1) is 0 Å². The summed E-state index contributed by atoms with van der Waals surface area (Å²) < 4.78 is 1.98. The zero-order valence-corrected chi connectivity index (χ0v) is 11.5. The second-order valence-corrected chi connectivity index (χ2v) is 4.91. The maximum Gasteiger partial charge on any atom is 0.140 e. The van der Waals surface area contributed by atoms with Crippen molar-refractivity contribution in [3.05, 3.63) is 21.2 Å². The molecule has 0 spiro atoms. The largest absolute Gasteiger partial charge is 0.366 e. The minimum Gasteiger partial charge on any atom is -0.366 e. The van der Waals surface area contributed by atoms with Crippen LogP contribution in [0.15, 0.2) is 21.2 Å². The predicted molar refractivity (Wildman–Crippen MR) is 67.6 cm³/mol. The molecule has 78 valence electrons. The van der Waals surface area contributed by atoms with Crippen molar-refractivity contribution < 1.29 is 0 Å². The van der Waals surface area contributed by atoms with Gasteiger partial charge in [-0.2, -0.15) is 0 Å². The van der Waals surface area contributed by atoms with E-state index < -0.39 is 0 Å². The summed E-state index contributed by atoms with van der Waals surface area (Å²) in [6.45, 7) is 4.35. The highest BCUT2D eigenvalue weighted by atomic mass is 79.9. The molecule has 0 aromatic carbocycles. The second kappa shape index (κ2) is 5.71. The first kappa shape index (κ1) is 12.0. The van der Waals surface area contributed by atoms with E-state index in [1.54, 1.807) is 6.20 Å². The third kappa shape index (κ3) is 3.24. The first-order valence-corrected chi connectivity index (χ1v) is 6.33. The highest BCUT2D eigenvalue weighted by Crippen LogP contribution is 2.24. The standard InChI is InChI=1S/C10H14Br2N2/c1-3-8(4-2)14-10-9(12)5-7(11)6-13-10/h5-6,8H,3-4H2,1-2H3,(H,13,14). The van der Waals surface area contributed by atoms with Crippen LogP contribution in [0.4, 0.5) is 5.82 Å². The SMILES string of the molecule is CCC(CC)Nc1ncc(Br)cc1Br. The fourth-order valence-electron chi connectivity index (χ4n) is 1.21. The van der Waals surface area contributed by atoms with Crippen LogP contribution in [0.3, 0.4) is 0 Å². The monoisotopic (exact) mass is 320 g/mol. The number of nitrogens with one attached hydrogen (secondary N) is 1. The van der Waals surface area contributed by atoms with E-state index in [9.17, 15) is 0 Å². The second-order valence-electron chi connectivity index (χ2n) is 3.14. The number of hydrogen-bond donors (Lipinski definition) is 1.